The summed E-state index contributed by atoms with van der Waals surface area (Å²) in [6.07, 6.45) is 0. The zero-order valence-corrected chi connectivity index (χ0v) is 24.8. The highest BCUT2D eigenvalue weighted by Crippen LogP contribution is 2.45. The molecule has 0 aliphatic heterocycles. The van der Waals surface area contributed by atoms with E-state index in [9.17, 15) is 0 Å². The van der Waals surface area contributed by atoms with E-state index in [0.29, 0.717) is 0 Å². The van der Waals surface area contributed by atoms with E-state index in [1.165, 1.54) is 69.3 Å². The van der Waals surface area contributed by atoms with Gasteiger partial charge in [-0.2, -0.15) is 0 Å². The molecule has 1 aromatic heterocycles. The summed E-state index contributed by atoms with van der Waals surface area (Å²) < 4.78 is 2.61. The molecule has 0 unspecified atom stereocenters. The molecule has 0 spiro atoms. The van der Waals surface area contributed by atoms with Crippen LogP contribution in [0.4, 0.5) is 17.1 Å². The van der Waals surface area contributed by atoms with Gasteiger partial charge in [-0.3, -0.25) is 0 Å². The smallest absolute Gasteiger partial charge is 0.0640 e. The summed E-state index contributed by atoms with van der Waals surface area (Å²) in [6.45, 7) is 0. The fraction of sp³-hybridized carbons (Fsp3) is 0. The number of fused-ring (bicyclic) bond motifs is 7. The van der Waals surface area contributed by atoms with Crippen LogP contribution in [-0.2, 0) is 0 Å². The minimum absolute atomic E-state index is 1.14. The van der Waals surface area contributed by atoms with Crippen molar-refractivity contribution in [3.8, 4) is 11.1 Å². The second-order valence-electron chi connectivity index (χ2n) is 11.4. The molecule has 206 valence electrons. The van der Waals surface area contributed by atoms with E-state index in [0.717, 1.165) is 11.4 Å². The fourth-order valence-corrected chi connectivity index (χ4v) is 7.94. The number of nitrogens with zero attached hydrogens (tertiary/aromatic N) is 1. The van der Waals surface area contributed by atoms with Crippen LogP contribution in [-0.4, -0.2) is 0 Å². The van der Waals surface area contributed by atoms with Crippen molar-refractivity contribution in [1.29, 1.82) is 0 Å². The SMILES string of the molecule is c1ccc2c(-c3ccc(N(c4ccc5ccc6ccccc6c5c4)c4cccc5c4sc4ccccc45)cc3)cccc2c1. The summed E-state index contributed by atoms with van der Waals surface area (Å²) in [6, 6.07) is 59.8. The van der Waals surface area contributed by atoms with Crippen molar-refractivity contribution >= 4 is 80.9 Å². The third-order valence-corrected chi connectivity index (χ3v) is 10.0. The van der Waals surface area contributed by atoms with Crippen molar-refractivity contribution in [3.63, 3.8) is 0 Å². The van der Waals surface area contributed by atoms with Crippen LogP contribution in [0.2, 0.25) is 0 Å². The maximum atomic E-state index is 2.44. The monoisotopic (exact) mass is 577 g/mol. The van der Waals surface area contributed by atoms with Crippen LogP contribution in [0, 0.1) is 0 Å². The average molecular weight is 578 g/mol. The van der Waals surface area contributed by atoms with Crippen molar-refractivity contribution < 1.29 is 0 Å². The van der Waals surface area contributed by atoms with Gasteiger partial charge in [0.1, 0.15) is 0 Å². The molecule has 0 aliphatic carbocycles. The molecule has 44 heavy (non-hydrogen) atoms. The Balaban J connectivity index is 1.27. The van der Waals surface area contributed by atoms with Gasteiger partial charge in [-0.1, -0.05) is 127 Å². The van der Waals surface area contributed by atoms with E-state index in [1.807, 2.05) is 11.3 Å². The summed E-state index contributed by atoms with van der Waals surface area (Å²) in [5, 5.41) is 10.2. The highest BCUT2D eigenvalue weighted by Gasteiger charge is 2.19. The van der Waals surface area contributed by atoms with Gasteiger partial charge in [0, 0.05) is 26.8 Å². The molecular formula is C42H27NS. The first-order valence-corrected chi connectivity index (χ1v) is 15.8. The highest BCUT2D eigenvalue weighted by atomic mass is 32.1. The summed E-state index contributed by atoms with van der Waals surface area (Å²) in [5.74, 6) is 0. The minimum atomic E-state index is 1.14. The Bertz CT molecular complexity index is 2500. The molecule has 0 saturated carbocycles. The van der Waals surface area contributed by atoms with Gasteiger partial charge in [0.05, 0.1) is 10.4 Å². The average Bonchev–Trinajstić information content (AvgIpc) is 3.48. The Morgan fingerprint density at radius 1 is 0.386 bits per heavy atom. The van der Waals surface area contributed by atoms with Crippen LogP contribution in [0.5, 0.6) is 0 Å². The van der Waals surface area contributed by atoms with E-state index in [2.05, 4.69) is 169 Å². The Morgan fingerprint density at radius 2 is 0.977 bits per heavy atom. The first kappa shape index (κ1) is 25.1. The number of rotatable bonds is 4. The minimum Gasteiger partial charge on any atom is -0.309 e. The normalized spacial score (nSPS) is 11.6. The second-order valence-corrected chi connectivity index (χ2v) is 12.4. The predicted molar refractivity (Wildman–Crippen MR) is 192 cm³/mol. The van der Waals surface area contributed by atoms with Crippen LogP contribution >= 0.6 is 11.3 Å². The van der Waals surface area contributed by atoms with Crippen molar-refractivity contribution in [2.24, 2.45) is 0 Å². The van der Waals surface area contributed by atoms with E-state index >= 15 is 0 Å². The molecule has 8 aromatic carbocycles. The lowest BCUT2D eigenvalue weighted by Gasteiger charge is -2.27. The van der Waals surface area contributed by atoms with Gasteiger partial charge in [-0.05, 0) is 79.8 Å². The van der Waals surface area contributed by atoms with Crippen molar-refractivity contribution in [2.45, 2.75) is 0 Å². The summed E-state index contributed by atoms with van der Waals surface area (Å²) in [7, 11) is 0. The molecule has 0 bridgehead atoms. The Labute approximate surface area is 259 Å². The molecule has 0 saturated heterocycles. The van der Waals surface area contributed by atoms with E-state index in [1.54, 1.807) is 0 Å². The lowest BCUT2D eigenvalue weighted by atomic mass is 9.98. The molecule has 9 aromatic rings. The standard InChI is InChI=1S/C42H27NS/c1-3-12-34-28(9-1)11-7-15-35(34)30-21-24-32(25-22-30)43(40-17-8-16-38-37-14-5-6-18-41(37)44-42(38)40)33-26-23-31-20-19-29-10-2-4-13-36(29)39(31)27-33/h1-27H. The largest absolute Gasteiger partial charge is 0.309 e. The molecule has 1 nitrogen and oxygen atoms in total. The van der Waals surface area contributed by atoms with Gasteiger partial charge >= 0.3 is 0 Å². The van der Waals surface area contributed by atoms with Gasteiger partial charge in [0.2, 0.25) is 0 Å². The van der Waals surface area contributed by atoms with Gasteiger partial charge < -0.3 is 4.90 Å². The van der Waals surface area contributed by atoms with E-state index in [4.69, 9.17) is 0 Å². The van der Waals surface area contributed by atoms with Crippen LogP contribution < -0.4 is 4.90 Å². The fourth-order valence-electron chi connectivity index (χ4n) is 6.73. The highest BCUT2D eigenvalue weighted by molar-refractivity contribution is 7.26. The summed E-state index contributed by atoms with van der Waals surface area (Å²) in [4.78, 5) is 2.44. The Morgan fingerprint density at radius 3 is 1.82 bits per heavy atom. The van der Waals surface area contributed by atoms with Crippen LogP contribution in [0.1, 0.15) is 0 Å². The maximum Gasteiger partial charge on any atom is 0.0640 e. The molecular weight excluding hydrogens is 551 g/mol. The molecule has 2 heteroatoms. The van der Waals surface area contributed by atoms with Gasteiger partial charge in [0.25, 0.3) is 0 Å². The third kappa shape index (κ3) is 4.00. The summed E-state index contributed by atoms with van der Waals surface area (Å²) in [5.41, 5.74) is 5.96. The topological polar surface area (TPSA) is 3.24 Å². The molecule has 0 radical (unpaired) electrons. The third-order valence-electron chi connectivity index (χ3n) is 8.84. The van der Waals surface area contributed by atoms with Gasteiger partial charge in [-0.25, -0.2) is 0 Å². The van der Waals surface area contributed by atoms with Crippen LogP contribution in [0.25, 0.3) is 63.6 Å². The Kier molecular flexibility index (Phi) is 5.75. The zero-order chi connectivity index (χ0) is 29.0. The first-order valence-electron chi connectivity index (χ1n) is 15.0. The maximum absolute atomic E-state index is 2.44. The number of thiophene rings is 1. The number of benzene rings is 8. The van der Waals surface area contributed by atoms with Crippen molar-refractivity contribution in [3.05, 3.63) is 164 Å². The number of hydrogen-bond donors (Lipinski definition) is 0. The molecule has 1 heterocycles. The van der Waals surface area contributed by atoms with Gasteiger partial charge in [-0.15, -0.1) is 11.3 Å². The molecule has 9 rings (SSSR count). The van der Waals surface area contributed by atoms with Crippen LogP contribution in [0.15, 0.2) is 164 Å². The lowest BCUT2D eigenvalue weighted by molar-refractivity contribution is 1.31. The number of hydrogen-bond acceptors (Lipinski definition) is 2. The first-order chi connectivity index (χ1) is 21.8. The van der Waals surface area contributed by atoms with Gasteiger partial charge in [0.15, 0.2) is 0 Å². The second kappa shape index (κ2) is 10.1. The van der Waals surface area contributed by atoms with Crippen molar-refractivity contribution in [2.75, 3.05) is 4.90 Å². The number of anilines is 3. The molecule has 0 N–H and O–H groups in total. The molecule has 0 fully saturated rings. The quantitative estimate of drug-likeness (QED) is 0.188. The van der Waals surface area contributed by atoms with Crippen molar-refractivity contribution in [1.82, 2.24) is 0 Å². The lowest BCUT2D eigenvalue weighted by Crippen LogP contribution is -2.10. The molecule has 0 amide bonds. The van der Waals surface area contributed by atoms with E-state index in [-0.39, 0.29) is 0 Å². The van der Waals surface area contributed by atoms with Crippen LogP contribution in [0.3, 0.4) is 0 Å². The Hall–Kier alpha value is -5.44. The van der Waals surface area contributed by atoms with E-state index < -0.39 is 0 Å². The summed E-state index contributed by atoms with van der Waals surface area (Å²) >= 11 is 1.87. The molecule has 0 atom stereocenters. The molecule has 0 aliphatic rings. The zero-order valence-electron chi connectivity index (χ0n) is 23.9. The predicted octanol–water partition coefficient (Wildman–Crippen LogP) is 12.7.